The molecule has 0 fully saturated rings. The first-order chi connectivity index (χ1) is 13.6. The average molecular weight is 379 g/mol. The van der Waals surface area contributed by atoms with Gasteiger partial charge < -0.3 is 16.0 Å². The standard InChI is InChI=1S/C18H17N7O3/c26-18(13-3-1-5-15(11-13)25(27)28)21-10-9-20-16-6-7-17(24-23-16)22-14-4-2-8-19-12-14/h1-8,11-12H,9-10H2,(H,20,23)(H,21,26)(H,22,24). The molecule has 0 saturated carbocycles. The number of carbonyl (C=O) groups excluding carboxylic acids is 1. The zero-order valence-corrected chi connectivity index (χ0v) is 14.7. The van der Waals surface area contributed by atoms with E-state index in [-0.39, 0.29) is 17.2 Å². The van der Waals surface area contributed by atoms with E-state index in [1.54, 1.807) is 24.5 Å². The Morgan fingerprint density at radius 3 is 2.57 bits per heavy atom. The van der Waals surface area contributed by atoms with Crippen LogP contribution in [0.5, 0.6) is 0 Å². The van der Waals surface area contributed by atoms with Crippen molar-refractivity contribution in [3.63, 3.8) is 0 Å². The van der Waals surface area contributed by atoms with E-state index < -0.39 is 4.92 Å². The van der Waals surface area contributed by atoms with Gasteiger partial charge in [-0.15, -0.1) is 10.2 Å². The molecule has 0 atom stereocenters. The minimum absolute atomic E-state index is 0.124. The molecule has 3 aromatic rings. The fourth-order valence-corrected chi connectivity index (χ4v) is 2.31. The molecular formula is C18H17N7O3. The van der Waals surface area contributed by atoms with E-state index in [0.29, 0.717) is 24.7 Å². The molecule has 0 spiro atoms. The summed E-state index contributed by atoms with van der Waals surface area (Å²) < 4.78 is 0. The molecule has 2 heterocycles. The maximum absolute atomic E-state index is 12.0. The molecule has 0 aliphatic carbocycles. The van der Waals surface area contributed by atoms with Crippen molar-refractivity contribution in [3.8, 4) is 0 Å². The van der Waals surface area contributed by atoms with Crippen LogP contribution in [0.2, 0.25) is 0 Å². The highest BCUT2D eigenvalue weighted by Gasteiger charge is 2.10. The molecule has 1 amide bonds. The maximum atomic E-state index is 12.0. The van der Waals surface area contributed by atoms with Crippen LogP contribution in [0.4, 0.5) is 23.0 Å². The number of hydrogen-bond acceptors (Lipinski definition) is 8. The number of anilines is 3. The van der Waals surface area contributed by atoms with Crippen LogP contribution in [-0.4, -0.2) is 39.1 Å². The van der Waals surface area contributed by atoms with E-state index in [9.17, 15) is 14.9 Å². The highest BCUT2D eigenvalue weighted by atomic mass is 16.6. The molecule has 0 aliphatic rings. The largest absolute Gasteiger partial charge is 0.367 e. The third-order valence-electron chi connectivity index (χ3n) is 3.63. The van der Waals surface area contributed by atoms with Crippen molar-refractivity contribution in [1.29, 1.82) is 0 Å². The molecule has 142 valence electrons. The molecule has 10 heteroatoms. The lowest BCUT2D eigenvalue weighted by atomic mass is 10.2. The zero-order valence-electron chi connectivity index (χ0n) is 14.7. The minimum atomic E-state index is -0.538. The Kier molecular flexibility index (Phi) is 6.03. The summed E-state index contributed by atoms with van der Waals surface area (Å²) in [7, 11) is 0. The Balaban J connectivity index is 1.44. The normalized spacial score (nSPS) is 10.1. The second kappa shape index (κ2) is 9.03. The van der Waals surface area contributed by atoms with E-state index in [4.69, 9.17) is 0 Å². The van der Waals surface area contributed by atoms with Crippen LogP contribution in [0.3, 0.4) is 0 Å². The van der Waals surface area contributed by atoms with Gasteiger partial charge >= 0.3 is 0 Å². The average Bonchev–Trinajstić information content (AvgIpc) is 2.73. The molecule has 3 rings (SSSR count). The zero-order chi connectivity index (χ0) is 19.8. The quantitative estimate of drug-likeness (QED) is 0.308. The van der Waals surface area contributed by atoms with Crippen molar-refractivity contribution in [2.75, 3.05) is 23.7 Å². The van der Waals surface area contributed by atoms with Crippen molar-refractivity contribution in [2.45, 2.75) is 0 Å². The topological polar surface area (TPSA) is 135 Å². The Morgan fingerprint density at radius 1 is 1.04 bits per heavy atom. The highest BCUT2D eigenvalue weighted by Crippen LogP contribution is 2.14. The number of non-ortho nitro benzene ring substituents is 1. The number of rotatable bonds is 8. The summed E-state index contributed by atoms with van der Waals surface area (Å²) in [5.74, 6) is 0.756. The van der Waals surface area contributed by atoms with Gasteiger partial charge in [0.25, 0.3) is 11.6 Å². The predicted octanol–water partition coefficient (Wildman–Crippen LogP) is 2.37. The Labute approximate surface area is 160 Å². The number of aromatic nitrogens is 3. The summed E-state index contributed by atoms with van der Waals surface area (Å²) in [4.78, 5) is 26.3. The number of carbonyl (C=O) groups is 1. The fourth-order valence-electron chi connectivity index (χ4n) is 2.31. The number of amides is 1. The van der Waals surface area contributed by atoms with Crippen LogP contribution in [0.25, 0.3) is 0 Å². The van der Waals surface area contributed by atoms with Gasteiger partial charge in [-0.2, -0.15) is 0 Å². The number of benzene rings is 1. The van der Waals surface area contributed by atoms with E-state index in [0.717, 1.165) is 5.69 Å². The van der Waals surface area contributed by atoms with Gasteiger partial charge in [0.1, 0.15) is 5.82 Å². The monoisotopic (exact) mass is 379 g/mol. The summed E-state index contributed by atoms with van der Waals surface area (Å²) in [5, 5.41) is 27.7. The Morgan fingerprint density at radius 2 is 1.86 bits per heavy atom. The Hall–Kier alpha value is -4.08. The summed E-state index contributed by atoms with van der Waals surface area (Å²) in [5.41, 5.74) is 0.919. The molecule has 2 aromatic heterocycles. The van der Waals surface area contributed by atoms with E-state index in [1.165, 1.54) is 24.3 Å². The first-order valence-corrected chi connectivity index (χ1v) is 8.39. The second-order valence-electron chi connectivity index (χ2n) is 5.66. The number of nitro groups is 1. The van der Waals surface area contributed by atoms with Gasteiger partial charge in [0.2, 0.25) is 0 Å². The molecule has 0 aliphatic heterocycles. The SMILES string of the molecule is O=C(NCCNc1ccc(Nc2cccnc2)nn1)c1cccc([N+](=O)[O-])c1. The second-order valence-corrected chi connectivity index (χ2v) is 5.66. The summed E-state index contributed by atoms with van der Waals surface area (Å²) in [6.07, 6.45) is 3.36. The third kappa shape index (κ3) is 5.21. The van der Waals surface area contributed by atoms with Gasteiger partial charge in [-0.1, -0.05) is 6.07 Å². The van der Waals surface area contributed by atoms with Crippen molar-refractivity contribution < 1.29 is 9.72 Å². The van der Waals surface area contributed by atoms with Gasteiger partial charge in [-0.3, -0.25) is 19.9 Å². The van der Waals surface area contributed by atoms with Gasteiger partial charge in [0.15, 0.2) is 5.82 Å². The van der Waals surface area contributed by atoms with Crippen molar-refractivity contribution >= 4 is 28.9 Å². The van der Waals surface area contributed by atoms with Gasteiger partial charge in [0, 0.05) is 37.0 Å². The summed E-state index contributed by atoms with van der Waals surface area (Å²) in [6, 6.07) is 12.8. The van der Waals surface area contributed by atoms with Crippen LogP contribution >= 0.6 is 0 Å². The summed E-state index contributed by atoms with van der Waals surface area (Å²) >= 11 is 0. The van der Waals surface area contributed by atoms with E-state index in [2.05, 4.69) is 31.1 Å². The number of nitrogens with zero attached hydrogens (tertiary/aromatic N) is 4. The predicted molar refractivity (Wildman–Crippen MR) is 103 cm³/mol. The molecular weight excluding hydrogens is 362 g/mol. The first kappa shape index (κ1) is 18.7. The number of nitrogens with one attached hydrogen (secondary N) is 3. The van der Waals surface area contributed by atoms with Crippen LogP contribution in [0.1, 0.15) is 10.4 Å². The lowest BCUT2D eigenvalue weighted by Crippen LogP contribution is -2.28. The number of pyridine rings is 1. The molecule has 0 unspecified atom stereocenters. The van der Waals surface area contributed by atoms with Gasteiger partial charge in [0.05, 0.1) is 16.8 Å². The van der Waals surface area contributed by atoms with Crippen molar-refractivity contribution in [2.24, 2.45) is 0 Å². The van der Waals surface area contributed by atoms with E-state index in [1.807, 2.05) is 12.1 Å². The van der Waals surface area contributed by atoms with Gasteiger partial charge in [-0.25, -0.2) is 0 Å². The fraction of sp³-hybridized carbons (Fsp3) is 0.111. The van der Waals surface area contributed by atoms with E-state index >= 15 is 0 Å². The molecule has 3 N–H and O–H groups in total. The third-order valence-corrected chi connectivity index (χ3v) is 3.63. The highest BCUT2D eigenvalue weighted by molar-refractivity contribution is 5.94. The molecule has 0 saturated heterocycles. The van der Waals surface area contributed by atoms with Crippen LogP contribution in [-0.2, 0) is 0 Å². The maximum Gasteiger partial charge on any atom is 0.270 e. The van der Waals surface area contributed by atoms with Crippen molar-refractivity contribution in [1.82, 2.24) is 20.5 Å². The molecule has 10 nitrogen and oxygen atoms in total. The smallest absolute Gasteiger partial charge is 0.270 e. The van der Waals surface area contributed by atoms with Crippen LogP contribution < -0.4 is 16.0 Å². The first-order valence-electron chi connectivity index (χ1n) is 8.39. The minimum Gasteiger partial charge on any atom is -0.367 e. The molecule has 28 heavy (non-hydrogen) atoms. The number of hydrogen-bond donors (Lipinski definition) is 3. The number of nitro benzene ring substituents is 1. The van der Waals surface area contributed by atoms with Gasteiger partial charge in [-0.05, 0) is 30.3 Å². The van der Waals surface area contributed by atoms with Crippen molar-refractivity contribution in [3.05, 3.63) is 76.6 Å². The van der Waals surface area contributed by atoms with Crippen LogP contribution in [0.15, 0.2) is 60.9 Å². The molecule has 0 radical (unpaired) electrons. The summed E-state index contributed by atoms with van der Waals surface area (Å²) in [6.45, 7) is 0.740. The van der Waals surface area contributed by atoms with Crippen LogP contribution in [0, 0.1) is 10.1 Å². The molecule has 0 bridgehead atoms. The lowest BCUT2D eigenvalue weighted by Gasteiger charge is -2.08. The molecule has 1 aromatic carbocycles. The lowest BCUT2D eigenvalue weighted by molar-refractivity contribution is -0.384. The Bertz CT molecular complexity index is 949.